The van der Waals surface area contributed by atoms with Crippen LogP contribution in [0.5, 0.6) is 0 Å². The summed E-state index contributed by atoms with van der Waals surface area (Å²) in [6, 6.07) is 16.8. The van der Waals surface area contributed by atoms with Gasteiger partial charge in [-0.3, -0.25) is 4.98 Å². The molecule has 1 aromatic heterocycles. The summed E-state index contributed by atoms with van der Waals surface area (Å²) in [4.78, 5) is 4.17. The predicted molar refractivity (Wildman–Crippen MR) is 62.9 cm³/mol. The van der Waals surface area contributed by atoms with E-state index >= 15 is 0 Å². The molecule has 0 aliphatic carbocycles. The molecule has 0 aliphatic rings. The van der Waals surface area contributed by atoms with Crippen LogP contribution in [0.2, 0.25) is 0 Å². The van der Waals surface area contributed by atoms with Gasteiger partial charge < -0.3 is 0 Å². The molecule has 0 N–H and O–H groups in total. The third kappa shape index (κ3) is 2.14. The van der Waals surface area contributed by atoms with Crippen molar-refractivity contribution in [3.8, 4) is 12.1 Å². The number of aromatic nitrogens is 1. The second-order valence-corrected chi connectivity index (χ2v) is 3.52. The first kappa shape index (κ1) is 10.9. The number of hydrogen-bond donors (Lipinski definition) is 0. The van der Waals surface area contributed by atoms with Crippen molar-refractivity contribution in [3.05, 3.63) is 65.5 Å². The quantitative estimate of drug-likeness (QED) is 0.779. The van der Waals surface area contributed by atoms with E-state index in [1.54, 1.807) is 36.5 Å². The van der Waals surface area contributed by atoms with Crippen LogP contribution in [-0.4, -0.2) is 4.98 Å². The molecule has 1 unspecified atom stereocenters. The number of nitrogens with zero attached hydrogens (tertiary/aromatic N) is 3. The first-order valence-electron chi connectivity index (χ1n) is 5.16. The Morgan fingerprint density at radius 2 is 1.76 bits per heavy atom. The Morgan fingerprint density at radius 3 is 2.41 bits per heavy atom. The highest BCUT2D eigenvalue weighted by Crippen LogP contribution is 2.24. The SMILES string of the molecule is N#Cc1ccccc1C(C#N)c1ccccn1. The number of pyridine rings is 1. The third-order valence-corrected chi connectivity index (χ3v) is 2.50. The van der Waals surface area contributed by atoms with Gasteiger partial charge in [-0.05, 0) is 23.8 Å². The Bertz CT molecular complexity index is 591. The molecule has 0 bridgehead atoms. The zero-order valence-electron chi connectivity index (χ0n) is 9.04. The molecule has 3 heteroatoms. The molecule has 1 atom stereocenters. The largest absolute Gasteiger partial charge is 0.260 e. The van der Waals surface area contributed by atoms with E-state index in [-0.39, 0.29) is 0 Å². The van der Waals surface area contributed by atoms with Gasteiger partial charge >= 0.3 is 0 Å². The molecular weight excluding hydrogens is 210 g/mol. The van der Waals surface area contributed by atoms with Crippen LogP contribution in [0.1, 0.15) is 22.7 Å². The second kappa shape index (κ2) is 4.92. The van der Waals surface area contributed by atoms with E-state index < -0.39 is 5.92 Å². The molecule has 3 nitrogen and oxygen atoms in total. The molecular formula is C14H9N3. The van der Waals surface area contributed by atoms with E-state index in [4.69, 9.17) is 5.26 Å². The maximum Gasteiger partial charge on any atom is 0.115 e. The Balaban J connectivity index is 2.52. The smallest absolute Gasteiger partial charge is 0.115 e. The van der Waals surface area contributed by atoms with Crippen LogP contribution in [0.3, 0.4) is 0 Å². The molecule has 0 amide bonds. The molecule has 2 rings (SSSR count). The molecule has 0 saturated heterocycles. The van der Waals surface area contributed by atoms with Crippen molar-refractivity contribution in [1.29, 1.82) is 10.5 Å². The van der Waals surface area contributed by atoms with Crippen LogP contribution >= 0.6 is 0 Å². The van der Waals surface area contributed by atoms with Crippen LogP contribution in [0.15, 0.2) is 48.7 Å². The maximum absolute atomic E-state index is 9.25. The molecule has 2 aromatic rings. The second-order valence-electron chi connectivity index (χ2n) is 3.52. The van der Waals surface area contributed by atoms with E-state index in [2.05, 4.69) is 17.1 Å². The predicted octanol–water partition coefficient (Wildman–Crippen LogP) is 2.61. The van der Waals surface area contributed by atoms with Crippen LogP contribution in [0, 0.1) is 22.7 Å². The average Bonchev–Trinajstić information content (AvgIpc) is 2.41. The Labute approximate surface area is 99.6 Å². The van der Waals surface area contributed by atoms with E-state index in [9.17, 15) is 5.26 Å². The summed E-state index contributed by atoms with van der Waals surface area (Å²) >= 11 is 0. The molecule has 0 fully saturated rings. The van der Waals surface area contributed by atoms with Crippen LogP contribution < -0.4 is 0 Å². The molecule has 1 aromatic carbocycles. The van der Waals surface area contributed by atoms with Crippen LogP contribution in [-0.2, 0) is 0 Å². The van der Waals surface area contributed by atoms with Crippen molar-refractivity contribution in [2.45, 2.75) is 5.92 Å². The fourth-order valence-electron chi connectivity index (χ4n) is 1.69. The minimum absolute atomic E-state index is 0.493. The van der Waals surface area contributed by atoms with E-state index in [1.165, 1.54) is 0 Å². The minimum atomic E-state index is -0.493. The zero-order chi connectivity index (χ0) is 12.1. The van der Waals surface area contributed by atoms with Gasteiger partial charge in [0.25, 0.3) is 0 Å². The molecule has 80 valence electrons. The van der Waals surface area contributed by atoms with Crippen LogP contribution in [0.25, 0.3) is 0 Å². The summed E-state index contributed by atoms with van der Waals surface area (Å²) < 4.78 is 0. The molecule has 0 spiro atoms. The van der Waals surface area contributed by atoms with Crippen molar-refractivity contribution in [2.75, 3.05) is 0 Å². The number of rotatable bonds is 2. The van der Waals surface area contributed by atoms with Crippen molar-refractivity contribution >= 4 is 0 Å². The number of nitriles is 2. The van der Waals surface area contributed by atoms with E-state index in [1.807, 2.05) is 12.1 Å². The van der Waals surface area contributed by atoms with Crippen molar-refractivity contribution < 1.29 is 0 Å². The average molecular weight is 219 g/mol. The molecule has 0 saturated carbocycles. The first-order chi connectivity index (χ1) is 8.36. The van der Waals surface area contributed by atoms with E-state index in [0.29, 0.717) is 16.8 Å². The van der Waals surface area contributed by atoms with E-state index in [0.717, 1.165) is 0 Å². The van der Waals surface area contributed by atoms with Gasteiger partial charge in [0.1, 0.15) is 5.92 Å². The third-order valence-electron chi connectivity index (χ3n) is 2.50. The summed E-state index contributed by atoms with van der Waals surface area (Å²) in [5, 5.41) is 18.3. The summed E-state index contributed by atoms with van der Waals surface area (Å²) in [7, 11) is 0. The van der Waals surface area contributed by atoms with Gasteiger partial charge in [-0.2, -0.15) is 10.5 Å². The lowest BCUT2D eigenvalue weighted by molar-refractivity contribution is 0.961. The molecule has 17 heavy (non-hydrogen) atoms. The van der Waals surface area contributed by atoms with Crippen LogP contribution in [0.4, 0.5) is 0 Å². The van der Waals surface area contributed by atoms with Crippen molar-refractivity contribution in [1.82, 2.24) is 4.98 Å². The number of benzene rings is 1. The Hall–Kier alpha value is -2.65. The summed E-state index contributed by atoms with van der Waals surface area (Å²) in [6.45, 7) is 0. The summed E-state index contributed by atoms with van der Waals surface area (Å²) in [6.07, 6.45) is 1.65. The van der Waals surface area contributed by atoms with Gasteiger partial charge in [-0.25, -0.2) is 0 Å². The van der Waals surface area contributed by atoms with Gasteiger partial charge in [-0.15, -0.1) is 0 Å². The lowest BCUT2D eigenvalue weighted by Gasteiger charge is -2.09. The Kier molecular flexibility index (Phi) is 3.14. The zero-order valence-corrected chi connectivity index (χ0v) is 9.04. The summed E-state index contributed by atoms with van der Waals surface area (Å²) in [5.41, 5.74) is 1.89. The normalized spacial score (nSPS) is 11.2. The maximum atomic E-state index is 9.25. The van der Waals surface area contributed by atoms with Gasteiger partial charge in [0.2, 0.25) is 0 Å². The molecule has 0 radical (unpaired) electrons. The van der Waals surface area contributed by atoms with Crippen molar-refractivity contribution in [3.63, 3.8) is 0 Å². The highest BCUT2D eigenvalue weighted by molar-refractivity contribution is 5.45. The number of hydrogen-bond acceptors (Lipinski definition) is 3. The summed E-state index contributed by atoms with van der Waals surface area (Å²) in [5.74, 6) is -0.493. The standard InChI is InChI=1S/C14H9N3/c15-9-11-5-1-2-6-12(11)13(10-16)14-7-3-4-8-17-14/h1-8,13H. The van der Waals surface area contributed by atoms with Gasteiger partial charge in [0.05, 0.1) is 23.4 Å². The van der Waals surface area contributed by atoms with Gasteiger partial charge in [0, 0.05) is 6.20 Å². The highest BCUT2D eigenvalue weighted by Gasteiger charge is 2.17. The minimum Gasteiger partial charge on any atom is -0.260 e. The lowest BCUT2D eigenvalue weighted by atomic mass is 9.93. The topological polar surface area (TPSA) is 60.5 Å². The van der Waals surface area contributed by atoms with Gasteiger partial charge in [-0.1, -0.05) is 24.3 Å². The first-order valence-corrected chi connectivity index (χ1v) is 5.16. The lowest BCUT2D eigenvalue weighted by Crippen LogP contribution is -2.02. The van der Waals surface area contributed by atoms with Crippen molar-refractivity contribution in [2.24, 2.45) is 0 Å². The highest BCUT2D eigenvalue weighted by atomic mass is 14.7. The molecule has 1 heterocycles. The fourth-order valence-corrected chi connectivity index (χ4v) is 1.69. The van der Waals surface area contributed by atoms with Gasteiger partial charge in [0.15, 0.2) is 0 Å². The monoisotopic (exact) mass is 219 g/mol. The fraction of sp³-hybridized carbons (Fsp3) is 0.0714. The molecule has 0 aliphatic heterocycles. The Morgan fingerprint density at radius 1 is 1.00 bits per heavy atom.